The van der Waals surface area contributed by atoms with E-state index in [9.17, 15) is 9.59 Å². The smallest absolute Gasteiger partial charge is 0.239 e. The normalized spacial score (nSPS) is 14.6. The largest absolute Gasteiger partial charge is 0.355 e. The lowest BCUT2D eigenvalue weighted by molar-refractivity contribution is -0.134. The standard InChI is InChI=1S/C16H28N2O2/c1-3-4-11-17-16(20)13-18(14(2)19)12-10-15-8-6-5-7-9-15/h8H,3-7,9-13H2,1-2H3,(H,17,20). The van der Waals surface area contributed by atoms with Crippen LogP contribution in [0, 0.1) is 0 Å². The van der Waals surface area contributed by atoms with Crippen molar-refractivity contribution in [3.05, 3.63) is 11.6 Å². The summed E-state index contributed by atoms with van der Waals surface area (Å²) < 4.78 is 0. The fourth-order valence-electron chi connectivity index (χ4n) is 2.39. The Kier molecular flexibility index (Phi) is 8.00. The lowest BCUT2D eigenvalue weighted by atomic mass is 9.97. The van der Waals surface area contributed by atoms with Gasteiger partial charge < -0.3 is 10.2 Å². The Balaban J connectivity index is 2.34. The molecule has 0 spiro atoms. The molecule has 20 heavy (non-hydrogen) atoms. The van der Waals surface area contributed by atoms with E-state index in [2.05, 4.69) is 18.3 Å². The van der Waals surface area contributed by atoms with E-state index in [0.29, 0.717) is 13.1 Å². The molecular formula is C16H28N2O2. The molecule has 2 amide bonds. The third-order valence-corrected chi connectivity index (χ3v) is 3.72. The van der Waals surface area contributed by atoms with Gasteiger partial charge in [-0.15, -0.1) is 0 Å². The monoisotopic (exact) mass is 280 g/mol. The zero-order chi connectivity index (χ0) is 14.8. The van der Waals surface area contributed by atoms with Crippen molar-refractivity contribution in [2.75, 3.05) is 19.6 Å². The van der Waals surface area contributed by atoms with E-state index in [1.807, 2.05) is 0 Å². The van der Waals surface area contributed by atoms with E-state index in [-0.39, 0.29) is 18.4 Å². The molecule has 0 heterocycles. The number of hydrogen-bond donors (Lipinski definition) is 1. The Labute approximate surface area is 122 Å². The van der Waals surface area contributed by atoms with Crippen LogP contribution in [-0.4, -0.2) is 36.3 Å². The fourth-order valence-corrected chi connectivity index (χ4v) is 2.39. The zero-order valence-corrected chi connectivity index (χ0v) is 12.9. The molecule has 0 aromatic carbocycles. The van der Waals surface area contributed by atoms with Crippen LogP contribution in [0.2, 0.25) is 0 Å². The number of hydrogen-bond acceptors (Lipinski definition) is 2. The van der Waals surface area contributed by atoms with Gasteiger partial charge in [-0.3, -0.25) is 9.59 Å². The highest BCUT2D eigenvalue weighted by atomic mass is 16.2. The molecule has 4 heteroatoms. The van der Waals surface area contributed by atoms with Crippen molar-refractivity contribution >= 4 is 11.8 Å². The molecule has 114 valence electrons. The highest BCUT2D eigenvalue weighted by Gasteiger charge is 2.14. The summed E-state index contributed by atoms with van der Waals surface area (Å²) in [5.74, 6) is -0.0710. The number of unbranched alkanes of at least 4 members (excludes halogenated alkanes) is 1. The van der Waals surface area contributed by atoms with Crippen molar-refractivity contribution in [2.24, 2.45) is 0 Å². The minimum atomic E-state index is -0.0497. The molecule has 0 unspecified atom stereocenters. The summed E-state index contributed by atoms with van der Waals surface area (Å²) in [5.41, 5.74) is 1.44. The van der Waals surface area contributed by atoms with Crippen LogP contribution in [0.1, 0.15) is 58.8 Å². The number of carbonyl (C=O) groups is 2. The van der Waals surface area contributed by atoms with Crippen LogP contribution in [0.4, 0.5) is 0 Å². The van der Waals surface area contributed by atoms with Gasteiger partial charge in [-0.1, -0.05) is 25.0 Å². The van der Waals surface area contributed by atoms with Crippen LogP contribution in [0.3, 0.4) is 0 Å². The summed E-state index contributed by atoms with van der Waals surface area (Å²) in [7, 11) is 0. The molecule has 0 aromatic rings. The topological polar surface area (TPSA) is 49.4 Å². The van der Waals surface area contributed by atoms with Crippen LogP contribution < -0.4 is 5.32 Å². The average molecular weight is 280 g/mol. The zero-order valence-electron chi connectivity index (χ0n) is 12.9. The molecular weight excluding hydrogens is 252 g/mol. The predicted molar refractivity (Wildman–Crippen MR) is 81.3 cm³/mol. The van der Waals surface area contributed by atoms with Crippen LogP contribution in [0.25, 0.3) is 0 Å². The Morgan fingerprint density at radius 1 is 1.35 bits per heavy atom. The number of nitrogens with zero attached hydrogens (tertiary/aromatic N) is 1. The Hall–Kier alpha value is -1.32. The maximum Gasteiger partial charge on any atom is 0.239 e. The lowest BCUT2D eigenvalue weighted by Crippen LogP contribution is -2.40. The maximum absolute atomic E-state index is 11.8. The van der Waals surface area contributed by atoms with E-state index in [1.54, 1.807) is 4.90 Å². The van der Waals surface area contributed by atoms with Gasteiger partial charge in [-0.25, -0.2) is 0 Å². The van der Waals surface area contributed by atoms with Crippen molar-refractivity contribution in [1.82, 2.24) is 10.2 Å². The summed E-state index contributed by atoms with van der Waals surface area (Å²) in [6.07, 6.45) is 10.1. The Morgan fingerprint density at radius 2 is 2.15 bits per heavy atom. The van der Waals surface area contributed by atoms with Crippen molar-refractivity contribution in [2.45, 2.75) is 58.8 Å². The molecule has 0 aromatic heterocycles. The first-order valence-corrected chi connectivity index (χ1v) is 7.83. The number of amides is 2. The quantitative estimate of drug-likeness (QED) is 0.549. The molecule has 1 aliphatic carbocycles. The molecule has 0 atom stereocenters. The van der Waals surface area contributed by atoms with E-state index in [4.69, 9.17) is 0 Å². The Morgan fingerprint density at radius 3 is 2.75 bits per heavy atom. The van der Waals surface area contributed by atoms with Crippen LogP contribution >= 0.6 is 0 Å². The van der Waals surface area contributed by atoms with Gasteiger partial charge in [0.2, 0.25) is 11.8 Å². The van der Waals surface area contributed by atoms with Gasteiger partial charge in [-0.05, 0) is 38.5 Å². The van der Waals surface area contributed by atoms with Gasteiger partial charge in [0.25, 0.3) is 0 Å². The summed E-state index contributed by atoms with van der Waals surface area (Å²) in [6, 6.07) is 0. The highest BCUT2D eigenvalue weighted by Crippen LogP contribution is 2.20. The second-order valence-corrected chi connectivity index (χ2v) is 5.50. The van der Waals surface area contributed by atoms with Gasteiger partial charge in [0, 0.05) is 20.0 Å². The molecule has 0 fully saturated rings. The predicted octanol–water partition coefficient (Wildman–Crippen LogP) is 2.64. The summed E-state index contributed by atoms with van der Waals surface area (Å²) >= 11 is 0. The van der Waals surface area contributed by atoms with Crippen LogP contribution in [0.5, 0.6) is 0 Å². The highest BCUT2D eigenvalue weighted by molar-refractivity contribution is 5.83. The Bertz CT molecular complexity index is 350. The first kappa shape index (κ1) is 16.7. The van der Waals surface area contributed by atoms with Gasteiger partial charge in [0.05, 0.1) is 6.54 Å². The maximum atomic E-state index is 11.8. The van der Waals surface area contributed by atoms with Gasteiger partial charge in [0.1, 0.15) is 0 Å². The van der Waals surface area contributed by atoms with Crippen LogP contribution in [0.15, 0.2) is 11.6 Å². The second-order valence-electron chi connectivity index (χ2n) is 5.50. The summed E-state index contributed by atoms with van der Waals surface area (Å²) in [4.78, 5) is 25.0. The van der Waals surface area contributed by atoms with E-state index in [0.717, 1.165) is 32.1 Å². The minimum absolute atomic E-state index is 0.0212. The molecule has 0 saturated heterocycles. The molecule has 1 rings (SSSR count). The fraction of sp³-hybridized carbons (Fsp3) is 0.750. The number of allylic oxidation sites excluding steroid dienone is 1. The van der Waals surface area contributed by atoms with Crippen molar-refractivity contribution in [3.8, 4) is 0 Å². The molecule has 0 saturated carbocycles. The van der Waals surface area contributed by atoms with Crippen molar-refractivity contribution in [1.29, 1.82) is 0 Å². The van der Waals surface area contributed by atoms with E-state index in [1.165, 1.54) is 25.3 Å². The molecule has 4 nitrogen and oxygen atoms in total. The molecule has 0 aliphatic heterocycles. The minimum Gasteiger partial charge on any atom is -0.355 e. The molecule has 0 bridgehead atoms. The second kappa shape index (κ2) is 9.56. The average Bonchev–Trinajstić information content (AvgIpc) is 2.44. The number of carbonyl (C=O) groups excluding carboxylic acids is 2. The summed E-state index contributed by atoms with van der Waals surface area (Å²) in [5, 5.41) is 2.86. The number of rotatable bonds is 8. The van der Waals surface area contributed by atoms with E-state index >= 15 is 0 Å². The summed E-state index contributed by atoms with van der Waals surface area (Å²) in [6.45, 7) is 5.17. The van der Waals surface area contributed by atoms with E-state index < -0.39 is 0 Å². The van der Waals surface area contributed by atoms with Gasteiger partial charge in [0.15, 0.2) is 0 Å². The first-order valence-electron chi connectivity index (χ1n) is 7.83. The van der Waals surface area contributed by atoms with Gasteiger partial charge in [-0.2, -0.15) is 0 Å². The van der Waals surface area contributed by atoms with Crippen LogP contribution in [-0.2, 0) is 9.59 Å². The molecule has 1 aliphatic rings. The molecule has 0 radical (unpaired) electrons. The van der Waals surface area contributed by atoms with Crippen molar-refractivity contribution < 1.29 is 9.59 Å². The van der Waals surface area contributed by atoms with Gasteiger partial charge >= 0.3 is 0 Å². The third-order valence-electron chi connectivity index (χ3n) is 3.72. The molecule has 1 N–H and O–H groups in total. The van der Waals surface area contributed by atoms with Crippen molar-refractivity contribution in [3.63, 3.8) is 0 Å². The first-order chi connectivity index (χ1) is 9.63. The third kappa shape index (κ3) is 6.73. The number of nitrogens with one attached hydrogen (secondary N) is 1. The lowest BCUT2D eigenvalue weighted by Gasteiger charge is -2.22. The SMILES string of the molecule is CCCCNC(=O)CN(CCC1=CCCCC1)C(C)=O.